The molecule has 26 heavy (non-hydrogen) atoms. The van der Waals surface area contributed by atoms with Gasteiger partial charge in [-0.3, -0.25) is 10.1 Å². The second-order valence-electron chi connectivity index (χ2n) is 7.16. The van der Waals surface area contributed by atoms with Gasteiger partial charge in [0, 0.05) is 12.1 Å². The monoisotopic (exact) mass is 355 g/mol. The highest BCUT2D eigenvalue weighted by Crippen LogP contribution is 2.38. The van der Waals surface area contributed by atoms with Crippen LogP contribution in [0.1, 0.15) is 46.6 Å². The standard InChI is InChI=1S/C19H25N5O.CH4/c1-12(13(2)23(4)5)18(25)22-19-21-16-10-9-14(20-3)11-17(16)24(19)15-7-6-8-15;/h9-13,15H,6-8H2,1-2,4-5H3,(H,21,22,25);1H4/t12-,13?;/m0./s1. The third-order valence-electron chi connectivity index (χ3n) is 5.43. The Morgan fingerprint density at radius 2 is 2.08 bits per heavy atom. The number of hydrogen-bond acceptors (Lipinski definition) is 3. The minimum Gasteiger partial charge on any atom is -0.308 e. The Labute approximate surface area is 156 Å². The van der Waals surface area contributed by atoms with Crippen LogP contribution in [0.2, 0.25) is 0 Å². The van der Waals surface area contributed by atoms with Crippen LogP contribution in [0.5, 0.6) is 0 Å². The molecule has 6 heteroatoms. The summed E-state index contributed by atoms with van der Waals surface area (Å²) in [5.74, 6) is 0.426. The van der Waals surface area contributed by atoms with Gasteiger partial charge in [-0.25, -0.2) is 9.83 Å². The third-order valence-corrected chi connectivity index (χ3v) is 5.43. The summed E-state index contributed by atoms with van der Waals surface area (Å²) in [6, 6.07) is 5.99. The van der Waals surface area contributed by atoms with Gasteiger partial charge in [0.2, 0.25) is 11.9 Å². The van der Waals surface area contributed by atoms with Crippen LogP contribution in [0.4, 0.5) is 11.6 Å². The molecular weight excluding hydrogens is 326 g/mol. The number of fused-ring (bicyclic) bond motifs is 1. The van der Waals surface area contributed by atoms with Crippen molar-refractivity contribution < 1.29 is 4.79 Å². The van der Waals surface area contributed by atoms with Crippen LogP contribution in [-0.2, 0) is 4.79 Å². The number of anilines is 1. The van der Waals surface area contributed by atoms with Crippen molar-refractivity contribution in [1.29, 1.82) is 0 Å². The van der Waals surface area contributed by atoms with Gasteiger partial charge >= 0.3 is 0 Å². The fourth-order valence-corrected chi connectivity index (χ4v) is 3.14. The van der Waals surface area contributed by atoms with E-state index in [9.17, 15) is 4.79 Å². The molecule has 1 aliphatic carbocycles. The molecule has 140 valence electrons. The number of nitrogens with zero attached hydrogens (tertiary/aromatic N) is 4. The largest absolute Gasteiger partial charge is 0.308 e. The first-order valence-corrected chi connectivity index (χ1v) is 8.79. The molecule has 1 amide bonds. The lowest BCUT2D eigenvalue weighted by atomic mass is 9.92. The summed E-state index contributed by atoms with van der Waals surface area (Å²) in [5, 5.41) is 3.03. The van der Waals surface area contributed by atoms with E-state index in [-0.39, 0.29) is 25.3 Å². The summed E-state index contributed by atoms with van der Waals surface area (Å²) >= 11 is 0. The Kier molecular flexibility index (Phi) is 6.04. The molecule has 1 N–H and O–H groups in total. The lowest BCUT2D eigenvalue weighted by molar-refractivity contribution is -0.121. The van der Waals surface area contributed by atoms with Crippen LogP contribution in [0.25, 0.3) is 15.9 Å². The van der Waals surface area contributed by atoms with E-state index in [1.165, 1.54) is 6.42 Å². The third kappa shape index (κ3) is 3.58. The number of aromatic nitrogens is 2. The Morgan fingerprint density at radius 1 is 1.38 bits per heavy atom. The van der Waals surface area contributed by atoms with Crippen LogP contribution in [-0.4, -0.2) is 40.5 Å². The second-order valence-corrected chi connectivity index (χ2v) is 7.16. The average Bonchev–Trinajstić information content (AvgIpc) is 2.89. The van der Waals surface area contributed by atoms with E-state index in [4.69, 9.17) is 6.57 Å². The first-order valence-electron chi connectivity index (χ1n) is 8.79. The van der Waals surface area contributed by atoms with E-state index in [1.807, 2.05) is 45.0 Å². The maximum Gasteiger partial charge on any atom is 0.231 e. The molecule has 1 fully saturated rings. The van der Waals surface area contributed by atoms with E-state index in [1.54, 1.807) is 6.07 Å². The zero-order chi connectivity index (χ0) is 18.1. The molecule has 1 saturated carbocycles. The Hall–Kier alpha value is -2.39. The predicted octanol–water partition coefficient (Wildman–Crippen LogP) is 4.47. The van der Waals surface area contributed by atoms with E-state index >= 15 is 0 Å². The molecule has 0 radical (unpaired) electrons. The average molecular weight is 355 g/mol. The van der Waals surface area contributed by atoms with Crippen molar-refractivity contribution in [3.63, 3.8) is 0 Å². The van der Waals surface area contributed by atoms with E-state index < -0.39 is 0 Å². The highest BCUT2D eigenvalue weighted by Gasteiger charge is 2.28. The topological polar surface area (TPSA) is 54.5 Å². The minimum absolute atomic E-state index is 0. The molecular formula is C20H29N5O. The first-order chi connectivity index (χ1) is 11.9. The molecule has 0 bridgehead atoms. The molecule has 3 rings (SSSR count). The molecule has 0 spiro atoms. The Bertz CT molecular complexity index is 829. The quantitative estimate of drug-likeness (QED) is 0.805. The van der Waals surface area contributed by atoms with Crippen molar-refractivity contribution in [1.82, 2.24) is 14.5 Å². The molecule has 0 saturated heterocycles. The van der Waals surface area contributed by atoms with Gasteiger partial charge < -0.3 is 9.47 Å². The lowest BCUT2D eigenvalue weighted by Gasteiger charge is -2.30. The van der Waals surface area contributed by atoms with Crippen molar-refractivity contribution in [2.24, 2.45) is 5.92 Å². The van der Waals surface area contributed by atoms with Gasteiger partial charge in [0.1, 0.15) is 0 Å². The number of hydrogen-bond donors (Lipinski definition) is 1. The van der Waals surface area contributed by atoms with Crippen LogP contribution in [0.15, 0.2) is 18.2 Å². The smallest absolute Gasteiger partial charge is 0.231 e. The summed E-state index contributed by atoms with van der Waals surface area (Å²) in [5.41, 5.74) is 2.35. The number of amides is 1. The summed E-state index contributed by atoms with van der Waals surface area (Å²) in [6.45, 7) is 11.2. The molecule has 2 atom stereocenters. The molecule has 1 unspecified atom stereocenters. The lowest BCUT2D eigenvalue weighted by Crippen LogP contribution is -2.38. The van der Waals surface area contributed by atoms with Gasteiger partial charge in [0.15, 0.2) is 5.69 Å². The Morgan fingerprint density at radius 3 is 2.62 bits per heavy atom. The maximum absolute atomic E-state index is 12.7. The first kappa shape index (κ1) is 19.9. The zero-order valence-electron chi connectivity index (χ0n) is 15.3. The molecule has 1 aromatic heterocycles. The van der Waals surface area contributed by atoms with Gasteiger partial charge in [-0.15, -0.1) is 0 Å². The van der Waals surface area contributed by atoms with E-state index in [0.717, 1.165) is 23.9 Å². The highest BCUT2D eigenvalue weighted by atomic mass is 16.2. The van der Waals surface area contributed by atoms with Crippen molar-refractivity contribution in [2.75, 3.05) is 19.4 Å². The van der Waals surface area contributed by atoms with Crippen LogP contribution in [0, 0.1) is 12.5 Å². The molecule has 6 nitrogen and oxygen atoms in total. The summed E-state index contributed by atoms with van der Waals surface area (Å²) in [7, 11) is 3.95. The summed E-state index contributed by atoms with van der Waals surface area (Å²) < 4.78 is 2.11. The number of carbonyl (C=O) groups excluding carboxylic acids is 1. The van der Waals surface area contributed by atoms with Gasteiger partial charge in [-0.1, -0.05) is 20.4 Å². The molecule has 1 aliphatic rings. The summed E-state index contributed by atoms with van der Waals surface area (Å²) in [6.07, 6.45) is 3.36. The number of carbonyl (C=O) groups is 1. The van der Waals surface area contributed by atoms with Crippen molar-refractivity contribution >= 4 is 28.6 Å². The van der Waals surface area contributed by atoms with Gasteiger partial charge in [-0.2, -0.15) is 0 Å². The highest BCUT2D eigenvalue weighted by molar-refractivity contribution is 5.93. The molecule has 1 heterocycles. The maximum atomic E-state index is 12.7. The summed E-state index contributed by atoms with van der Waals surface area (Å²) in [4.78, 5) is 22.9. The van der Waals surface area contributed by atoms with Crippen molar-refractivity contribution in [3.05, 3.63) is 29.6 Å². The number of nitrogens with one attached hydrogen (secondary N) is 1. The minimum atomic E-state index is -0.150. The van der Waals surface area contributed by atoms with Crippen molar-refractivity contribution in [2.45, 2.75) is 52.6 Å². The van der Waals surface area contributed by atoms with Crippen LogP contribution < -0.4 is 5.32 Å². The Balaban J connectivity index is 0.00000243. The second kappa shape index (κ2) is 7.88. The van der Waals surface area contributed by atoms with Gasteiger partial charge in [-0.05, 0) is 52.4 Å². The normalized spacial score (nSPS) is 16.5. The van der Waals surface area contributed by atoms with Gasteiger partial charge in [0.25, 0.3) is 0 Å². The van der Waals surface area contributed by atoms with Crippen LogP contribution in [0.3, 0.4) is 0 Å². The molecule has 0 aliphatic heterocycles. The molecule has 1 aromatic carbocycles. The van der Waals surface area contributed by atoms with Crippen molar-refractivity contribution in [3.8, 4) is 0 Å². The SMILES string of the molecule is C.[C-]#[N+]c1ccc2nc(NC(=O)[C@@H](C)C(C)N(C)C)n(C3CCC3)c2c1. The predicted molar refractivity (Wildman–Crippen MR) is 107 cm³/mol. The van der Waals surface area contributed by atoms with E-state index in [0.29, 0.717) is 17.7 Å². The number of rotatable bonds is 5. The zero-order valence-corrected chi connectivity index (χ0v) is 15.3. The fraction of sp³-hybridized carbons (Fsp3) is 0.550. The van der Waals surface area contributed by atoms with Crippen LogP contribution >= 0.6 is 0 Å². The van der Waals surface area contributed by atoms with E-state index in [2.05, 4.69) is 19.7 Å². The van der Waals surface area contributed by atoms with Gasteiger partial charge in [0.05, 0.1) is 23.5 Å². The number of benzene rings is 1. The fourth-order valence-electron chi connectivity index (χ4n) is 3.14. The number of imidazole rings is 1. The molecule has 2 aromatic rings.